The molecule has 0 radical (unpaired) electrons. The maximum Gasteiger partial charge on any atom is 0.298 e. The molecule has 1 aliphatic heterocycles. The first-order valence-electron chi connectivity index (χ1n) is 9.63. The topological polar surface area (TPSA) is 88.5 Å². The first-order valence-corrected chi connectivity index (χ1v) is 10.5. The lowest BCUT2D eigenvalue weighted by Crippen LogP contribution is -2.35. The largest absolute Gasteiger partial charge is 0.423 e. The Balaban J connectivity index is 0.00000160. The molecule has 1 amide bonds. The molecule has 1 aliphatic rings. The number of amides is 1. The molecule has 7 nitrogen and oxygen atoms in total. The van der Waals surface area contributed by atoms with Crippen molar-refractivity contribution in [1.82, 2.24) is 14.9 Å². The van der Waals surface area contributed by atoms with Crippen LogP contribution < -0.4 is 10.6 Å². The second-order valence-electron chi connectivity index (χ2n) is 7.44. The van der Waals surface area contributed by atoms with E-state index in [1.165, 1.54) is 11.3 Å². The molecule has 2 N–H and O–H groups in total. The van der Waals surface area contributed by atoms with E-state index < -0.39 is 0 Å². The molecule has 30 heavy (non-hydrogen) atoms. The van der Waals surface area contributed by atoms with Crippen LogP contribution in [0.5, 0.6) is 0 Å². The number of anilines is 1. The number of carbonyl (C=O) groups is 1. The van der Waals surface area contributed by atoms with Gasteiger partial charge in [0.05, 0.1) is 6.04 Å². The zero-order chi connectivity index (χ0) is 19.7. The molecular formula is C20H27Cl2N5O2S. The Morgan fingerprint density at radius 3 is 2.63 bits per heavy atom. The highest BCUT2D eigenvalue weighted by atomic mass is 35.5. The molecule has 1 aromatic carbocycles. The lowest BCUT2D eigenvalue weighted by atomic mass is 10.1. The van der Waals surface area contributed by atoms with Crippen molar-refractivity contribution in [1.29, 1.82) is 0 Å². The summed E-state index contributed by atoms with van der Waals surface area (Å²) in [5, 5.41) is 2.64. The number of thiazole rings is 1. The van der Waals surface area contributed by atoms with Crippen LogP contribution in [-0.2, 0) is 0 Å². The van der Waals surface area contributed by atoms with Gasteiger partial charge in [0.15, 0.2) is 5.58 Å². The van der Waals surface area contributed by atoms with Crippen LogP contribution in [0, 0.1) is 5.92 Å². The van der Waals surface area contributed by atoms with Crippen molar-refractivity contribution in [3.8, 4) is 0 Å². The number of nitrogens with two attached hydrogens (primary N) is 1. The molecule has 3 heterocycles. The molecular weight excluding hydrogens is 445 g/mol. The molecule has 4 rings (SSSR count). The first kappa shape index (κ1) is 24.4. The van der Waals surface area contributed by atoms with Crippen LogP contribution in [-0.4, -0.2) is 47.0 Å². The summed E-state index contributed by atoms with van der Waals surface area (Å²) in [7, 11) is 0. The van der Waals surface area contributed by atoms with Gasteiger partial charge in [0, 0.05) is 31.6 Å². The van der Waals surface area contributed by atoms with Gasteiger partial charge in [-0.3, -0.25) is 4.79 Å². The third-order valence-corrected chi connectivity index (χ3v) is 6.03. The minimum atomic E-state index is -0.134. The summed E-state index contributed by atoms with van der Waals surface area (Å²) in [4.78, 5) is 26.0. The van der Waals surface area contributed by atoms with Gasteiger partial charge in [0.2, 0.25) is 0 Å². The highest BCUT2D eigenvalue weighted by molar-refractivity contribution is 7.09. The second-order valence-corrected chi connectivity index (χ2v) is 8.33. The third kappa shape index (κ3) is 5.06. The number of benzene rings is 1. The molecule has 1 saturated heterocycles. The van der Waals surface area contributed by atoms with Crippen LogP contribution in [0.4, 0.5) is 6.01 Å². The Kier molecular flexibility index (Phi) is 8.49. The standard InChI is InChI=1S/C20H25N5O2S.2ClH/c1-13(2)17(21)18-22-15(12-28-18)19(26)24-8-5-9-25(11-10-24)20-23-14-6-3-4-7-16(14)27-20;;/h3-4,6-7,12-13,17H,5,8-11,21H2,1-2H3;2*1H/t17-;;/m0../s1. The molecule has 1 atom stereocenters. The van der Waals surface area contributed by atoms with Crippen LogP contribution in [0.2, 0.25) is 0 Å². The number of nitrogens with zero attached hydrogens (tertiary/aromatic N) is 4. The summed E-state index contributed by atoms with van der Waals surface area (Å²) >= 11 is 1.46. The van der Waals surface area contributed by atoms with Gasteiger partial charge < -0.3 is 20.0 Å². The van der Waals surface area contributed by atoms with Crippen LogP contribution in [0.3, 0.4) is 0 Å². The van der Waals surface area contributed by atoms with E-state index in [9.17, 15) is 4.79 Å². The van der Waals surface area contributed by atoms with E-state index >= 15 is 0 Å². The summed E-state index contributed by atoms with van der Waals surface area (Å²) in [6.07, 6.45) is 0.854. The van der Waals surface area contributed by atoms with Crippen LogP contribution in [0.1, 0.15) is 41.8 Å². The summed E-state index contributed by atoms with van der Waals surface area (Å²) in [5.41, 5.74) is 8.30. The van der Waals surface area contributed by atoms with Gasteiger partial charge >= 0.3 is 0 Å². The molecule has 3 aromatic rings. The Hall–Kier alpha value is -1.87. The molecule has 0 bridgehead atoms. The fraction of sp³-hybridized carbons (Fsp3) is 0.450. The minimum absolute atomic E-state index is 0. The van der Waals surface area contributed by atoms with Crippen molar-refractivity contribution >= 4 is 59.2 Å². The lowest BCUT2D eigenvalue weighted by molar-refractivity contribution is 0.0761. The predicted octanol–water partition coefficient (Wildman–Crippen LogP) is 4.14. The van der Waals surface area contributed by atoms with Crippen LogP contribution in [0.25, 0.3) is 11.1 Å². The summed E-state index contributed by atoms with van der Waals surface area (Å²) < 4.78 is 5.88. The molecule has 0 spiro atoms. The average Bonchev–Trinajstić information content (AvgIpc) is 3.28. The number of carbonyl (C=O) groups excluding carboxylic acids is 1. The maximum atomic E-state index is 12.9. The summed E-state index contributed by atoms with van der Waals surface area (Å²) in [6.45, 7) is 6.91. The lowest BCUT2D eigenvalue weighted by Gasteiger charge is -2.20. The molecule has 0 saturated carbocycles. The first-order chi connectivity index (χ1) is 13.5. The van der Waals surface area contributed by atoms with E-state index in [4.69, 9.17) is 10.2 Å². The van der Waals surface area contributed by atoms with Gasteiger partial charge in [-0.1, -0.05) is 26.0 Å². The van der Waals surface area contributed by atoms with Crippen molar-refractivity contribution in [2.45, 2.75) is 26.3 Å². The molecule has 0 aliphatic carbocycles. The number of aromatic nitrogens is 2. The van der Waals surface area contributed by atoms with E-state index in [1.807, 2.05) is 34.5 Å². The Labute approximate surface area is 192 Å². The summed E-state index contributed by atoms with van der Waals surface area (Å²) in [5.74, 6) is 0.259. The zero-order valence-corrected chi connectivity index (χ0v) is 19.4. The Morgan fingerprint density at radius 2 is 1.90 bits per heavy atom. The summed E-state index contributed by atoms with van der Waals surface area (Å²) in [6, 6.07) is 8.23. The number of rotatable bonds is 4. The number of halogens is 2. The van der Waals surface area contributed by atoms with Gasteiger partial charge in [0.1, 0.15) is 16.2 Å². The molecule has 1 fully saturated rings. The number of hydrogen-bond donors (Lipinski definition) is 1. The number of para-hydroxylation sites is 2. The van der Waals surface area contributed by atoms with Crippen molar-refractivity contribution < 1.29 is 9.21 Å². The van der Waals surface area contributed by atoms with Gasteiger partial charge in [-0.15, -0.1) is 36.2 Å². The van der Waals surface area contributed by atoms with Crippen molar-refractivity contribution in [2.24, 2.45) is 11.7 Å². The quantitative estimate of drug-likeness (QED) is 0.614. The fourth-order valence-corrected chi connectivity index (χ4v) is 4.26. The molecule has 10 heteroatoms. The monoisotopic (exact) mass is 471 g/mol. The van der Waals surface area contributed by atoms with Crippen molar-refractivity contribution in [2.75, 3.05) is 31.1 Å². The maximum absolute atomic E-state index is 12.9. The number of hydrogen-bond acceptors (Lipinski definition) is 7. The van der Waals surface area contributed by atoms with Gasteiger partial charge in [-0.25, -0.2) is 4.98 Å². The predicted molar refractivity (Wildman–Crippen MR) is 125 cm³/mol. The number of fused-ring (bicyclic) bond motifs is 1. The minimum Gasteiger partial charge on any atom is -0.423 e. The van der Waals surface area contributed by atoms with Crippen LogP contribution in [0.15, 0.2) is 34.1 Å². The Morgan fingerprint density at radius 1 is 1.13 bits per heavy atom. The highest BCUT2D eigenvalue weighted by Crippen LogP contribution is 2.25. The van der Waals surface area contributed by atoms with E-state index in [0.29, 0.717) is 31.3 Å². The molecule has 164 valence electrons. The molecule has 2 aromatic heterocycles. The Bertz CT molecular complexity index is 944. The average molecular weight is 472 g/mol. The van der Waals surface area contributed by atoms with Gasteiger partial charge in [-0.05, 0) is 24.5 Å². The second kappa shape index (κ2) is 10.4. The van der Waals surface area contributed by atoms with Gasteiger partial charge in [0.25, 0.3) is 11.9 Å². The zero-order valence-electron chi connectivity index (χ0n) is 17.0. The fourth-order valence-electron chi connectivity index (χ4n) is 3.29. The third-order valence-electron chi connectivity index (χ3n) is 5.08. The van der Waals surface area contributed by atoms with Crippen molar-refractivity contribution in [3.05, 3.63) is 40.3 Å². The number of oxazole rings is 1. The van der Waals surface area contributed by atoms with E-state index in [1.54, 1.807) is 0 Å². The van der Waals surface area contributed by atoms with E-state index in [0.717, 1.165) is 29.1 Å². The SMILES string of the molecule is CC(C)[C@H](N)c1nc(C(=O)N2CCCN(c3nc4ccccc4o3)CC2)cs1.Cl.Cl. The van der Waals surface area contributed by atoms with Gasteiger partial charge in [-0.2, -0.15) is 4.98 Å². The van der Waals surface area contributed by atoms with E-state index in [2.05, 4.69) is 28.7 Å². The van der Waals surface area contributed by atoms with Crippen molar-refractivity contribution in [3.63, 3.8) is 0 Å². The van der Waals surface area contributed by atoms with Crippen LogP contribution >= 0.6 is 36.2 Å². The highest BCUT2D eigenvalue weighted by Gasteiger charge is 2.25. The normalized spacial score (nSPS) is 15.5. The smallest absolute Gasteiger partial charge is 0.298 e. The van der Waals surface area contributed by atoms with E-state index in [-0.39, 0.29) is 42.7 Å². The molecule has 0 unspecified atom stereocenters.